The highest BCUT2D eigenvalue weighted by Crippen LogP contribution is 2.37. The summed E-state index contributed by atoms with van der Waals surface area (Å²) in [6, 6.07) is 9.47. The number of aldehydes is 1. The number of hydrogen-bond acceptors (Lipinski definition) is 2. The quantitative estimate of drug-likeness (QED) is 0.355. The average molecular weight is 592 g/mol. The molecule has 0 saturated heterocycles. The number of carbonyl (C=O) groups is 1. The first-order valence-electron chi connectivity index (χ1n) is 12.2. The third-order valence-corrected chi connectivity index (χ3v) is 7.41. The first-order chi connectivity index (χ1) is 15.9. The van der Waals surface area contributed by atoms with E-state index in [1.165, 1.54) is 37.8 Å². The minimum atomic E-state index is -0.405. The summed E-state index contributed by atoms with van der Waals surface area (Å²) in [5.74, 6) is 0.412. The van der Waals surface area contributed by atoms with Gasteiger partial charge < -0.3 is 9.90 Å². The van der Waals surface area contributed by atoms with Crippen LogP contribution in [-0.4, -0.2) is 11.4 Å². The Labute approximate surface area is 232 Å². The zero-order valence-corrected chi connectivity index (χ0v) is 24.4. The molecule has 0 radical (unpaired) electrons. The van der Waals surface area contributed by atoms with Crippen molar-refractivity contribution in [2.75, 3.05) is 0 Å². The smallest absolute Gasteiger partial charge is 0.123 e. The molecule has 2 aromatic carbocycles. The number of aryl methyl sites for hydroxylation is 2. The highest BCUT2D eigenvalue weighted by molar-refractivity contribution is 9.10. The summed E-state index contributed by atoms with van der Waals surface area (Å²) >= 11 is 3.32. The average Bonchev–Trinajstić information content (AvgIpc) is 3.55. The zero-order chi connectivity index (χ0) is 24.2. The monoisotopic (exact) mass is 590 g/mol. The van der Waals surface area contributed by atoms with Crippen LogP contribution in [0.1, 0.15) is 88.0 Å². The van der Waals surface area contributed by atoms with E-state index in [4.69, 9.17) is 0 Å². The molecule has 7 heteroatoms. The molecule has 0 spiro atoms. The van der Waals surface area contributed by atoms with Gasteiger partial charge in [0.15, 0.2) is 0 Å². The first kappa shape index (κ1) is 34.1. The van der Waals surface area contributed by atoms with Gasteiger partial charge in [-0.25, -0.2) is 8.78 Å². The molecule has 2 fully saturated rings. The molecule has 35 heavy (non-hydrogen) atoms. The molecule has 2 nitrogen and oxygen atoms in total. The van der Waals surface area contributed by atoms with Crippen LogP contribution in [0.25, 0.3) is 0 Å². The van der Waals surface area contributed by atoms with Crippen molar-refractivity contribution < 1.29 is 18.7 Å². The second-order valence-electron chi connectivity index (χ2n) is 8.96. The van der Waals surface area contributed by atoms with E-state index < -0.39 is 6.10 Å². The normalized spacial score (nSPS) is 16.1. The predicted octanol–water partition coefficient (Wildman–Crippen LogP) is 8.36. The largest absolute Gasteiger partial charge is 0.388 e. The number of carbonyl (C=O) groups excluding carboxylic acids is 1. The number of aliphatic hydroxyl groups is 1. The summed E-state index contributed by atoms with van der Waals surface area (Å²) in [6.45, 7) is 4.00. The molecule has 2 aliphatic rings. The molecule has 2 aliphatic carbocycles. The van der Waals surface area contributed by atoms with Crippen LogP contribution in [0.4, 0.5) is 8.78 Å². The van der Waals surface area contributed by atoms with E-state index in [9.17, 15) is 18.7 Å². The number of aliphatic hydroxyl groups excluding tert-OH is 1. The Morgan fingerprint density at radius 1 is 0.886 bits per heavy atom. The van der Waals surface area contributed by atoms with Gasteiger partial charge in [-0.15, -0.1) is 0 Å². The Bertz CT molecular complexity index is 870. The van der Waals surface area contributed by atoms with E-state index in [0.717, 1.165) is 66.0 Å². The Kier molecular flexibility index (Phi) is 17.9. The second-order valence-corrected chi connectivity index (χ2v) is 9.81. The van der Waals surface area contributed by atoms with Gasteiger partial charge in [0, 0.05) is 10.4 Å². The van der Waals surface area contributed by atoms with Crippen LogP contribution in [0.3, 0.4) is 0 Å². The summed E-state index contributed by atoms with van der Waals surface area (Å²) in [5, 5.41) is 10.3. The molecule has 0 amide bonds. The maximum Gasteiger partial charge on any atom is 0.123 e. The van der Waals surface area contributed by atoms with Gasteiger partial charge >= 0.3 is 0 Å². The minimum absolute atomic E-state index is 0. The molecule has 198 valence electrons. The fourth-order valence-corrected chi connectivity index (χ4v) is 5.13. The molecule has 4 rings (SSSR count). The lowest BCUT2D eigenvalue weighted by atomic mass is 9.90. The maximum atomic E-state index is 13.1. The summed E-state index contributed by atoms with van der Waals surface area (Å²) < 4.78 is 26.6. The van der Waals surface area contributed by atoms with Gasteiger partial charge in [-0.2, -0.15) is 27.0 Å². The van der Waals surface area contributed by atoms with Gasteiger partial charge in [0.2, 0.25) is 0 Å². The second kappa shape index (κ2) is 18.4. The number of benzene rings is 2. The van der Waals surface area contributed by atoms with Crippen LogP contribution in [0.5, 0.6) is 0 Å². The molecular weight excluding hydrogens is 550 g/mol. The standard InChI is InChI=1S/C14H19FO.C8H8BrF.C6H10O.2H2S/c1-2-10-9-12(15)7-8-13(10)14(16)11-5-3-4-6-11;1-2-6-5-7(10)3-4-8(6)9;7-5-6-3-1-2-4-6;;/h7-9,11,14,16H,2-6H2,1H3;3-5H,2H2,1H3;5-6H,1-4H2;2*1H2. The first-order valence-corrected chi connectivity index (χ1v) is 13.0. The molecule has 0 aromatic heterocycles. The van der Waals surface area contributed by atoms with Gasteiger partial charge in [0.05, 0.1) is 6.10 Å². The van der Waals surface area contributed by atoms with Crippen LogP contribution >= 0.6 is 42.9 Å². The third kappa shape index (κ3) is 11.4. The van der Waals surface area contributed by atoms with E-state index in [1.54, 1.807) is 24.3 Å². The molecule has 0 bridgehead atoms. The Balaban J connectivity index is 0.000000525. The van der Waals surface area contributed by atoms with E-state index >= 15 is 0 Å². The summed E-state index contributed by atoms with van der Waals surface area (Å²) in [6.07, 6.45) is 11.8. The lowest BCUT2D eigenvalue weighted by Gasteiger charge is -2.20. The van der Waals surface area contributed by atoms with Gasteiger partial charge in [0.1, 0.15) is 17.9 Å². The van der Waals surface area contributed by atoms with Gasteiger partial charge in [-0.1, -0.05) is 61.5 Å². The van der Waals surface area contributed by atoms with Crippen molar-refractivity contribution in [3.63, 3.8) is 0 Å². The lowest BCUT2D eigenvalue weighted by molar-refractivity contribution is -0.110. The lowest BCUT2D eigenvalue weighted by Crippen LogP contribution is -2.11. The topological polar surface area (TPSA) is 37.3 Å². The minimum Gasteiger partial charge on any atom is -0.388 e. The summed E-state index contributed by atoms with van der Waals surface area (Å²) in [4.78, 5) is 10.0. The summed E-state index contributed by atoms with van der Waals surface area (Å²) in [5.41, 5.74) is 2.88. The molecule has 0 aliphatic heterocycles. The molecular formula is C28H41BrF2O2S2. The predicted molar refractivity (Wildman–Crippen MR) is 155 cm³/mol. The van der Waals surface area contributed by atoms with Crippen LogP contribution in [0, 0.1) is 23.5 Å². The Hall–Kier alpha value is -0.890. The summed E-state index contributed by atoms with van der Waals surface area (Å²) in [7, 11) is 0. The number of halogens is 3. The van der Waals surface area contributed by atoms with E-state index in [1.807, 2.05) is 13.8 Å². The van der Waals surface area contributed by atoms with Crippen molar-refractivity contribution in [2.24, 2.45) is 11.8 Å². The molecule has 1 N–H and O–H groups in total. The van der Waals surface area contributed by atoms with Gasteiger partial charge in [-0.05, 0) is 91.5 Å². The van der Waals surface area contributed by atoms with Crippen molar-refractivity contribution in [3.05, 3.63) is 69.2 Å². The van der Waals surface area contributed by atoms with Crippen molar-refractivity contribution in [1.82, 2.24) is 0 Å². The van der Waals surface area contributed by atoms with Gasteiger partial charge in [-0.3, -0.25) is 0 Å². The highest BCUT2D eigenvalue weighted by atomic mass is 79.9. The zero-order valence-electron chi connectivity index (χ0n) is 20.8. The van der Waals surface area contributed by atoms with E-state index in [-0.39, 0.29) is 38.6 Å². The van der Waals surface area contributed by atoms with Gasteiger partial charge in [0.25, 0.3) is 0 Å². The SMILES string of the molecule is CCc1cc(F)ccc1Br.CCc1cc(F)ccc1C(O)C1CCCC1.O=CC1CCCC1.S.S. The molecule has 1 atom stereocenters. The van der Waals surface area contributed by atoms with Crippen molar-refractivity contribution >= 4 is 49.2 Å². The number of rotatable bonds is 5. The van der Waals surface area contributed by atoms with Crippen LogP contribution in [0.15, 0.2) is 40.9 Å². The molecule has 2 saturated carbocycles. The Morgan fingerprint density at radius 2 is 1.37 bits per heavy atom. The van der Waals surface area contributed by atoms with Crippen molar-refractivity contribution in [2.45, 2.75) is 84.2 Å². The van der Waals surface area contributed by atoms with Crippen LogP contribution in [0.2, 0.25) is 0 Å². The fraction of sp³-hybridized carbons (Fsp3) is 0.536. The maximum absolute atomic E-state index is 13.1. The molecule has 1 unspecified atom stereocenters. The van der Waals surface area contributed by atoms with Crippen molar-refractivity contribution in [3.8, 4) is 0 Å². The van der Waals surface area contributed by atoms with Crippen LogP contribution < -0.4 is 0 Å². The highest BCUT2D eigenvalue weighted by Gasteiger charge is 2.25. The Morgan fingerprint density at radius 3 is 1.83 bits per heavy atom. The molecule has 2 aromatic rings. The van der Waals surface area contributed by atoms with Crippen molar-refractivity contribution in [1.29, 1.82) is 0 Å². The van der Waals surface area contributed by atoms with E-state index in [0.29, 0.717) is 11.8 Å². The van der Waals surface area contributed by atoms with E-state index in [2.05, 4.69) is 15.9 Å². The molecule has 0 heterocycles. The number of hydrogen-bond donors (Lipinski definition) is 1. The fourth-order valence-electron chi connectivity index (χ4n) is 4.60. The third-order valence-electron chi connectivity index (χ3n) is 6.63. The van der Waals surface area contributed by atoms with Crippen LogP contribution in [-0.2, 0) is 17.6 Å².